The molecule has 0 saturated carbocycles. The molecule has 7 nitrogen and oxygen atoms in total. The van der Waals surface area contributed by atoms with Gasteiger partial charge in [-0.05, 0) is 13.5 Å². The molecule has 3 N–H and O–H groups in total. The van der Waals surface area contributed by atoms with E-state index in [9.17, 15) is 14.4 Å². The normalized spacial score (nSPS) is 12.0. The minimum Gasteiger partial charge on any atom is -0.469 e. The van der Waals surface area contributed by atoms with Crippen molar-refractivity contribution in [2.75, 3.05) is 20.2 Å². The van der Waals surface area contributed by atoms with Gasteiger partial charge in [-0.15, -0.1) is 0 Å². The van der Waals surface area contributed by atoms with Gasteiger partial charge in [-0.3, -0.25) is 19.8 Å². The van der Waals surface area contributed by atoms with Crippen molar-refractivity contribution >= 4 is 17.9 Å². The molecule has 98 valence electrons. The van der Waals surface area contributed by atoms with Gasteiger partial charge in [0.15, 0.2) is 0 Å². The molecule has 0 bridgehead atoms. The van der Waals surface area contributed by atoms with Gasteiger partial charge >= 0.3 is 12.0 Å². The minimum absolute atomic E-state index is 0.193. The molecule has 17 heavy (non-hydrogen) atoms. The molecule has 0 aromatic rings. The van der Waals surface area contributed by atoms with E-state index in [1.165, 1.54) is 7.11 Å². The molecule has 0 spiro atoms. The lowest BCUT2D eigenvalue weighted by Crippen LogP contribution is -2.48. The van der Waals surface area contributed by atoms with Crippen LogP contribution in [0.1, 0.15) is 20.3 Å². The molecule has 0 aliphatic carbocycles. The Morgan fingerprint density at radius 1 is 1.41 bits per heavy atom. The number of primary amides is 1. The number of urea groups is 1. The quantitative estimate of drug-likeness (QED) is 0.612. The fraction of sp³-hybridized carbons (Fsp3) is 0.700. The zero-order valence-electron chi connectivity index (χ0n) is 10.4. The molecule has 0 radical (unpaired) electrons. The Kier molecular flexibility index (Phi) is 6.88. The molecule has 0 aromatic carbocycles. The summed E-state index contributed by atoms with van der Waals surface area (Å²) in [4.78, 5) is 34.8. The third-order valence-electron chi connectivity index (χ3n) is 2.41. The number of nitrogens with one attached hydrogen (secondary N) is 1. The van der Waals surface area contributed by atoms with Crippen LogP contribution in [0.3, 0.4) is 0 Å². The van der Waals surface area contributed by atoms with Crippen LogP contribution in [-0.4, -0.2) is 49.0 Å². The number of nitrogens with two attached hydrogens (primary N) is 1. The molecule has 3 amide bonds. The molecular weight excluding hydrogens is 226 g/mol. The summed E-state index contributed by atoms with van der Waals surface area (Å²) in [7, 11) is 1.31. The maximum atomic E-state index is 11.5. The van der Waals surface area contributed by atoms with Gasteiger partial charge in [0.25, 0.3) is 0 Å². The number of nitrogens with zero attached hydrogens (tertiary/aromatic N) is 1. The number of hydrogen-bond acceptors (Lipinski definition) is 5. The Bertz CT molecular complexity index is 293. The SMILES string of the molecule is CCN(CCC(=O)OC)C(C)C(=O)NC(N)=O. The molecule has 1 unspecified atom stereocenters. The summed E-state index contributed by atoms with van der Waals surface area (Å²) in [6.07, 6.45) is 0.193. The van der Waals surface area contributed by atoms with Crippen LogP contribution in [0.5, 0.6) is 0 Å². The van der Waals surface area contributed by atoms with E-state index in [1.54, 1.807) is 11.8 Å². The predicted octanol–water partition coefficient (Wildman–Crippen LogP) is -0.545. The van der Waals surface area contributed by atoms with Crippen LogP contribution in [0.2, 0.25) is 0 Å². The number of methoxy groups -OCH3 is 1. The number of amides is 3. The Morgan fingerprint density at radius 2 is 2.00 bits per heavy atom. The van der Waals surface area contributed by atoms with Gasteiger partial charge in [0, 0.05) is 6.54 Å². The highest BCUT2D eigenvalue weighted by molar-refractivity contribution is 5.96. The summed E-state index contributed by atoms with van der Waals surface area (Å²) in [6, 6.07) is -1.41. The molecule has 0 aromatic heterocycles. The van der Waals surface area contributed by atoms with E-state index in [2.05, 4.69) is 4.74 Å². The number of imide groups is 1. The van der Waals surface area contributed by atoms with Crippen LogP contribution in [0.4, 0.5) is 4.79 Å². The van der Waals surface area contributed by atoms with E-state index in [4.69, 9.17) is 5.73 Å². The molecule has 1 atom stereocenters. The van der Waals surface area contributed by atoms with Gasteiger partial charge in [0.1, 0.15) is 0 Å². The lowest BCUT2D eigenvalue weighted by atomic mass is 10.2. The smallest absolute Gasteiger partial charge is 0.318 e. The third kappa shape index (κ3) is 5.86. The summed E-state index contributed by atoms with van der Waals surface area (Å²) in [5.74, 6) is -0.824. The second kappa shape index (κ2) is 7.61. The molecule has 0 heterocycles. The minimum atomic E-state index is -0.883. The first-order valence-electron chi connectivity index (χ1n) is 5.33. The monoisotopic (exact) mass is 245 g/mol. The van der Waals surface area contributed by atoms with Gasteiger partial charge in [-0.2, -0.15) is 0 Å². The topological polar surface area (TPSA) is 102 Å². The molecular formula is C10H19N3O4. The van der Waals surface area contributed by atoms with Crippen molar-refractivity contribution in [2.45, 2.75) is 26.3 Å². The van der Waals surface area contributed by atoms with E-state index in [0.29, 0.717) is 13.1 Å². The summed E-state index contributed by atoms with van der Waals surface area (Å²) >= 11 is 0. The van der Waals surface area contributed by atoms with Crippen LogP contribution >= 0.6 is 0 Å². The Balaban J connectivity index is 4.29. The first-order valence-corrected chi connectivity index (χ1v) is 5.33. The summed E-state index contributed by atoms with van der Waals surface area (Å²) in [5, 5.41) is 2.00. The summed E-state index contributed by atoms with van der Waals surface area (Å²) in [6.45, 7) is 4.45. The van der Waals surface area contributed by atoms with E-state index in [-0.39, 0.29) is 12.4 Å². The number of carbonyl (C=O) groups is 3. The van der Waals surface area contributed by atoms with Gasteiger partial charge in [-0.1, -0.05) is 6.92 Å². The van der Waals surface area contributed by atoms with Crippen molar-refractivity contribution in [1.82, 2.24) is 10.2 Å². The van der Waals surface area contributed by atoms with E-state index >= 15 is 0 Å². The van der Waals surface area contributed by atoms with Crippen molar-refractivity contribution in [3.8, 4) is 0 Å². The van der Waals surface area contributed by atoms with Crippen molar-refractivity contribution in [3.63, 3.8) is 0 Å². The second-order valence-corrected chi connectivity index (χ2v) is 3.48. The number of esters is 1. The van der Waals surface area contributed by atoms with Gasteiger partial charge < -0.3 is 10.5 Å². The zero-order chi connectivity index (χ0) is 13.4. The number of hydrogen-bond donors (Lipinski definition) is 2. The number of carbonyl (C=O) groups excluding carboxylic acids is 3. The Hall–Kier alpha value is -1.63. The van der Waals surface area contributed by atoms with Crippen LogP contribution in [0.15, 0.2) is 0 Å². The highest BCUT2D eigenvalue weighted by atomic mass is 16.5. The number of rotatable bonds is 6. The molecule has 0 aliphatic rings. The molecule has 7 heteroatoms. The van der Waals surface area contributed by atoms with Crippen molar-refractivity contribution in [1.29, 1.82) is 0 Å². The van der Waals surface area contributed by atoms with Crippen molar-refractivity contribution in [2.24, 2.45) is 5.73 Å². The lowest BCUT2D eigenvalue weighted by Gasteiger charge is -2.25. The first-order chi connectivity index (χ1) is 7.92. The predicted molar refractivity (Wildman–Crippen MR) is 61.1 cm³/mol. The molecule has 0 fully saturated rings. The van der Waals surface area contributed by atoms with Crippen LogP contribution in [0.25, 0.3) is 0 Å². The average Bonchev–Trinajstić information content (AvgIpc) is 2.28. The first kappa shape index (κ1) is 15.4. The Labute approximate surface area is 100 Å². The fourth-order valence-corrected chi connectivity index (χ4v) is 1.35. The molecule has 0 saturated heterocycles. The largest absolute Gasteiger partial charge is 0.469 e. The van der Waals surface area contributed by atoms with Crippen molar-refractivity contribution in [3.05, 3.63) is 0 Å². The van der Waals surface area contributed by atoms with E-state index in [0.717, 1.165) is 0 Å². The average molecular weight is 245 g/mol. The Morgan fingerprint density at radius 3 is 2.41 bits per heavy atom. The van der Waals surface area contributed by atoms with Gasteiger partial charge in [0.05, 0.1) is 19.6 Å². The van der Waals surface area contributed by atoms with Crippen LogP contribution in [-0.2, 0) is 14.3 Å². The fourth-order valence-electron chi connectivity index (χ4n) is 1.35. The van der Waals surface area contributed by atoms with Gasteiger partial charge in [-0.25, -0.2) is 4.79 Å². The summed E-state index contributed by atoms with van der Waals surface area (Å²) < 4.78 is 4.51. The highest BCUT2D eigenvalue weighted by Crippen LogP contribution is 2.01. The maximum absolute atomic E-state index is 11.5. The standard InChI is InChI=1S/C10H19N3O4/c1-4-13(6-5-8(14)17-3)7(2)9(15)12-10(11)16/h7H,4-6H2,1-3H3,(H3,11,12,15,16). The maximum Gasteiger partial charge on any atom is 0.318 e. The van der Waals surface area contributed by atoms with Crippen LogP contribution in [0, 0.1) is 0 Å². The second-order valence-electron chi connectivity index (χ2n) is 3.48. The van der Waals surface area contributed by atoms with Crippen molar-refractivity contribution < 1.29 is 19.1 Å². The third-order valence-corrected chi connectivity index (χ3v) is 2.41. The number of ether oxygens (including phenoxy) is 1. The molecule has 0 rings (SSSR count). The lowest BCUT2D eigenvalue weighted by molar-refractivity contribution is -0.141. The number of likely N-dealkylation sites (N-methyl/N-ethyl adjacent to an activating group) is 1. The zero-order valence-corrected chi connectivity index (χ0v) is 10.4. The molecule has 0 aliphatic heterocycles. The van der Waals surface area contributed by atoms with Crippen LogP contribution < -0.4 is 11.1 Å². The van der Waals surface area contributed by atoms with E-state index < -0.39 is 18.0 Å². The van der Waals surface area contributed by atoms with Gasteiger partial charge in [0.2, 0.25) is 5.91 Å². The summed E-state index contributed by atoms with van der Waals surface area (Å²) in [5.41, 5.74) is 4.85. The highest BCUT2D eigenvalue weighted by Gasteiger charge is 2.21. The van der Waals surface area contributed by atoms with E-state index in [1.807, 2.05) is 12.2 Å².